The summed E-state index contributed by atoms with van der Waals surface area (Å²) in [5.41, 5.74) is 21.1. The van der Waals surface area contributed by atoms with Crippen molar-refractivity contribution in [2.75, 3.05) is 11.4 Å². The molecule has 0 unspecified atom stereocenters. The monoisotopic (exact) mass is 430 g/mol. The average molecular weight is 431 g/mol. The van der Waals surface area contributed by atoms with Crippen LogP contribution in [0.4, 0.5) is 5.69 Å². The molecule has 32 heavy (non-hydrogen) atoms. The van der Waals surface area contributed by atoms with Crippen molar-refractivity contribution in [3.05, 3.63) is 76.4 Å². The van der Waals surface area contributed by atoms with Gasteiger partial charge in [-0.2, -0.15) is 0 Å². The third-order valence-corrected chi connectivity index (χ3v) is 6.22. The Kier molecular flexibility index (Phi) is 5.46. The van der Waals surface area contributed by atoms with Gasteiger partial charge in [0.1, 0.15) is 5.82 Å². The van der Waals surface area contributed by atoms with E-state index in [1.807, 2.05) is 19.9 Å². The van der Waals surface area contributed by atoms with Gasteiger partial charge in [-0.05, 0) is 68.2 Å². The lowest BCUT2D eigenvalue weighted by Gasteiger charge is -2.34. The number of hydrogen-bond acceptors (Lipinski definition) is 4. The molecule has 0 saturated heterocycles. The third kappa shape index (κ3) is 3.62. The molecule has 0 amide bonds. The van der Waals surface area contributed by atoms with Crippen LogP contribution in [0.2, 0.25) is 0 Å². The van der Waals surface area contributed by atoms with E-state index in [9.17, 15) is 9.90 Å². The molecule has 6 nitrogen and oxygen atoms in total. The molecule has 2 heterocycles. The molecular formula is C26H30N4O2. The number of aliphatic carboxylic acids is 1. The zero-order valence-electron chi connectivity index (χ0n) is 19.1. The smallest absolute Gasteiger partial charge is 0.307 e. The van der Waals surface area contributed by atoms with Crippen molar-refractivity contribution < 1.29 is 9.90 Å². The van der Waals surface area contributed by atoms with E-state index >= 15 is 0 Å². The van der Waals surface area contributed by atoms with E-state index < -0.39 is 5.97 Å². The van der Waals surface area contributed by atoms with Gasteiger partial charge in [0.15, 0.2) is 0 Å². The number of carbonyl (C=O) groups is 1. The maximum absolute atomic E-state index is 11.9. The number of rotatable bonds is 5. The first-order chi connectivity index (χ1) is 15.2. The topological polar surface area (TPSA) is 97.5 Å². The zero-order chi connectivity index (χ0) is 23.2. The molecule has 4 rings (SSSR count). The van der Waals surface area contributed by atoms with Crippen molar-refractivity contribution in [2.45, 2.75) is 40.7 Å². The van der Waals surface area contributed by atoms with E-state index in [2.05, 4.69) is 53.6 Å². The molecule has 3 aromatic rings. The zero-order valence-corrected chi connectivity index (χ0v) is 19.1. The molecule has 0 fully saturated rings. The number of carboxylic acids is 1. The van der Waals surface area contributed by atoms with Crippen LogP contribution < -0.4 is 16.4 Å². The standard InChI is InChI=1S/C26H30N4O2/c1-15-5-8-19(9-6-15)24-20(14-23(31)32)18(4)25-26-21(24)13-17(3)29(26)11-12-30(25)22(28)10-7-16(2)27/h5-10,13H,11-12,14,27-28H2,1-4H3,(H,31,32)/b16-7-,22-10+. The van der Waals surface area contributed by atoms with Crippen LogP contribution in [-0.4, -0.2) is 22.2 Å². The van der Waals surface area contributed by atoms with E-state index in [1.165, 1.54) is 5.56 Å². The van der Waals surface area contributed by atoms with Gasteiger partial charge in [-0.1, -0.05) is 29.8 Å². The fourth-order valence-corrected chi connectivity index (χ4v) is 4.71. The molecule has 0 bridgehead atoms. The van der Waals surface area contributed by atoms with Crippen molar-refractivity contribution in [1.82, 2.24) is 4.57 Å². The van der Waals surface area contributed by atoms with Crippen LogP contribution in [0.3, 0.4) is 0 Å². The highest BCUT2D eigenvalue weighted by atomic mass is 16.4. The lowest BCUT2D eigenvalue weighted by molar-refractivity contribution is -0.136. The minimum Gasteiger partial charge on any atom is -0.481 e. The largest absolute Gasteiger partial charge is 0.481 e. The summed E-state index contributed by atoms with van der Waals surface area (Å²) in [4.78, 5) is 14.0. The maximum atomic E-state index is 11.9. The number of aryl methyl sites for hydroxylation is 2. The Morgan fingerprint density at radius 3 is 2.41 bits per heavy atom. The molecule has 2 aromatic carbocycles. The van der Waals surface area contributed by atoms with Crippen LogP contribution in [0.25, 0.3) is 22.0 Å². The second-order valence-corrected chi connectivity index (χ2v) is 8.62. The number of hydrogen-bond donors (Lipinski definition) is 3. The van der Waals surface area contributed by atoms with Gasteiger partial charge in [0, 0.05) is 29.9 Å². The van der Waals surface area contributed by atoms with E-state index in [1.54, 1.807) is 6.08 Å². The van der Waals surface area contributed by atoms with Gasteiger partial charge >= 0.3 is 5.97 Å². The van der Waals surface area contributed by atoms with Crippen molar-refractivity contribution in [3.63, 3.8) is 0 Å². The van der Waals surface area contributed by atoms with E-state index in [0.717, 1.165) is 51.1 Å². The van der Waals surface area contributed by atoms with Crippen LogP contribution in [0.15, 0.2) is 54.0 Å². The Morgan fingerprint density at radius 1 is 1.09 bits per heavy atom. The van der Waals surface area contributed by atoms with Crippen molar-refractivity contribution in [1.29, 1.82) is 0 Å². The molecule has 1 aliphatic rings. The van der Waals surface area contributed by atoms with Crippen molar-refractivity contribution >= 4 is 22.6 Å². The number of allylic oxidation sites excluding steroid dienone is 3. The molecular weight excluding hydrogens is 400 g/mol. The summed E-state index contributed by atoms with van der Waals surface area (Å²) in [5.74, 6) is -0.259. The second-order valence-electron chi connectivity index (χ2n) is 8.62. The molecule has 5 N–H and O–H groups in total. The number of nitrogens with two attached hydrogens (primary N) is 2. The maximum Gasteiger partial charge on any atom is 0.307 e. The molecule has 0 saturated carbocycles. The Labute approximate surface area is 188 Å². The van der Waals surface area contributed by atoms with Crippen LogP contribution >= 0.6 is 0 Å². The van der Waals surface area contributed by atoms with Gasteiger partial charge in [0.2, 0.25) is 0 Å². The minimum atomic E-state index is -0.850. The summed E-state index contributed by atoms with van der Waals surface area (Å²) in [6, 6.07) is 10.5. The van der Waals surface area contributed by atoms with Crippen LogP contribution in [-0.2, 0) is 17.8 Å². The molecule has 166 valence electrons. The number of aromatic nitrogens is 1. The SMILES string of the molecule is C/C(N)=C/C=C(\N)N1CCn2c(C)cc3c(-c4ccc(C)cc4)c(CC(=O)O)c(C)c1c32. The highest BCUT2D eigenvalue weighted by Gasteiger charge is 2.29. The van der Waals surface area contributed by atoms with Gasteiger partial charge in [-0.15, -0.1) is 0 Å². The molecule has 0 spiro atoms. The number of benzene rings is 2. The highest BCUT2D eigenvalue weighted by Crippen LogP contribution is 2.45. The van der Waals surface area contributed by atoms with Crippen LogP contribution in [0.5, 0.6) is 0 Å². The summed E-state index contributed by atoms with van der Waals surface area (Å²) in [7, 11) is 0. The molecule has 6 heteroatoms. The van der Waals surface area contributed by atoms with Crippen molar-refractivity contribution in [2.24, 2.45) is 11.5 Å². The summed E-state index contributed by atoms with van der Waals surface area (Å²) in [5, 5.41) is 10.8. The quantitative estimate of drug-likeness (QED) is 0.523. The van der Waals surface area contributed by atoms with Gasteiger partial charge in [-0.3, -0.25) is 4.79 Å². The Morgan fingerprint density at radius 2 is 1.78 bits per heavy atom. The van der Waals surface area contributed by atoms with Gasteiger partial charge in [-0.25, -0.2) is 0 Å². The lowest BCUT2D eigenvalue weighted by Crippen LogP contribution is -2.35. The predicted octanol–water partition coefficient (Wildman–Crippen LogP) is 4.34. The third-order valence-electron chi connectivity index (χ3n) is 6.22. The van der Waals surface area contributed by atoms with Gasteiger partial charge < -0.3 is 26.0 Å². The molecule has 1 aromatic heterocycles. The van der Waals surface area contributed by atoms with E-state index in [0.29, 0.717) is 18.1 Å². The molecule has 0 aliphatic carbocycles. The molecule has 0 radical (unpaired) electrons. The predicted molar refractivity (Wildman–Crippen MR) is 130 cm³/mol. The van der Waals surface area contributed by atoms with E-state index in [4.69, 9.17) is 11.5 Å². The normalized spacial score (nSPS) is 14.3. The van der Waals surface area contributed by atoms with Crippen molar-refractivity contribution in [3.8, 4) is 11.1 Å². The van der Waals surface area contributed by atoms with Gasteiger partial charge in [0.25, 0.3) is 0 Å². The minimum absolute atomic E-state index is 0.0541. The first-order valence-corrected chi connectivity index (χ1v) is 10.8. The Balaban J connectivity index is 2.08. The van der Waals surface area contributed by atoms with Crippen LogP contribution in [0.1, 0.15) is 29.3 Å². The Hall–Kier alpha value is -3.67. The lowest BCUT2D eigenvalue weighted by atomic mass is 9.88. The number of anilines is 1. The second kappa shape index (κ2) is 8.11. The summed E-state index contributed by atoms with van der Waals surface area (Å²) >= 11 is 0. The fraction of sp³-hybridized carbons (Fsp3) is 0.269. The first kappa shape index (κ1) is 21.6. The average Bonchev–Trinajstić information content (AvgIpc) is 3.07. The fourth-order valence-electron chi connectivity index (χ4n) is 4.71. The number of carboxylic acid groups (broad SMARTS) is 1. The number of nitrogens with zero attached hydrogens (tertiary/aromatic N) is 2. The molecule has 0 atom stereocenters. The first-order valence-electron chi connectivity index (χ1n) is 10.8. The van der Waals surface area contributed by atoms with E-state index in [-0.39, 0.29) is 6.42 Å². The summed E-state index contributed by atoms with van der Waals surface area (Å²) < 4.78 is 2.31. The summed E-state index contributed by atoms with van der Waals surface area (Å²) in [6.45, 7) is 9.48. The molecule has 1 aliphatic heterocycles. The van der Waals surface area contributed by atoms with Gasteiger partial charge in [0.05, 0.1) is 17.6 Å². The highest BCUT2D eigenvalue weighted by molar-refractivity contribution is 6.07. The Bertz CT molecular complexity index is 1280. The van der Waals surface area contributed by atoms with Crippen LogP contribution in [0, 0.1) is 20.8 Å². The summed E-state index contributed by atoms with van der Waals surface area (Å²) in [6.07, 6.45) is 3.55.